The van der Waals surface area contributed by atoms with Crippen molar-refractivity contribution in [3.63, 3.8) is 0 Å². The van der Waals surface area contributed by atoms with Gasteiger partial charge in [-0.1, -0.05) is 37.3 Å². The molecule has 0 aromatic heterocycles. The fourth-order valence-electron chi connectivity index (χ4n) is 2.39. The first-order valence-electron chi connectivity index (χ1n) is 5.40. The van der Waals surface area contributed by atoms with Crippen LogP contribution in [0.5, 0.6) is 0 Å². The maximum absolute atomic E-state index is 11.9. The molecule has 1 heterocycles. The standard InChI is InChI=1S/C13H16NO/c1-3-13(9-6-10-14(13)15)12-8-5-4-7-11(12)2/h4-8,10H,3,9H2,1-2H3/q-1. The van der Waals surface area contributed by atoms with Crippen molar-refractivity contribution >= 4 is 0 Å². The third-order valence-electron chi connectivity index (χ3n) is 3.35. The molecular formula is C13H16NO-. The predicted molar refractivity (Wildman–Crippen MR) is 62.1 cm³/mol. The molecule has 0 fully saturated rings. The van der Waals surface area contributed by atoms with Gasteiger partial charge in [0.05, 0.1) is 5.54 Å². The summed E-state index contributed by atoms with van der Waals surface area (Å²) in [5.74, 6) is 0. The Labute approximate surface area is 90.8 Å². The van der Waals surface area contributed by atoms with Crippen molar-refractivity contribution < 1.29 is 0 Å². The molecule has 0 saturated carbocycles. The van der Waals surface area contributed by atoms with Crippen LogP contribution in [0.15, 0.2) is 36.5 Å². The van der Waals surface area contributed by atoms with Gasteiger partial charge in [0.1, 0.15) is 0 Å². The molecule has 1 aliphatic heterocycles. The lowest BCUT2D eigenvalue weighted by molar-refractivity contribution is 0.220. The second kappa shape index (κ2) is 3.70. The molecule has 0 spiro atoms. The molecule has 0 radical (unpaired) electrons. The normalized spacial score (nSPS) is 24.9. The van der Waals surface area contributed by atoms with E-state index in [1.54, 1.807) is 6.20 Å². The molecule has 2 nitrogen and oxygen atoms in total. The molecule has 2 rings (SSSR count). The minimum atomic E-state index is -0.356. The van der Waals surface area contributed by atoms with Crippen LogP contribution in [0.25, 0.3) is 0 Å². The van der Waals surface area contributed by atoms with Crippen molar-refractivity contribution in [3.05, 3.63) is 52.9 Å². The van der Waals surface area contributed by atoms with Crippen molar-refractivity contribution in [2.45, 2.75) is 32.2 Å². The summed E-state index contributed by atoms with van der Waals surface area (Å²) in [4.78, 5) is 0. The van der Waals surface area contributed by atoms with Gasteiger partial charge in [-0.15, -0.1) is 0 Å². The number of benzene rings is 1. The summed E-state index contributed by atoms with van der Waals surface area (Å²) in [6.07, 6.45) is 5.27. The molecule has 0 bridgehead atoms. The fraction of sp³-hybridized carbons (Fsp3) is 0.385. The van der Waals surface area contributed by atoms with Crippen LogP contribution in [0, 0.1) is 12.1 Å². The van der Waals surface area contributed by atoms with Gasteiger partial charge in [-0.25, -0.2) is 0 Å². The Kier molecular flexibility index (Phi) is 2.53. The maximum atomic E-state index is 11.9. The van der Waals surface area contributed by atoms with Crippen LogP contribution in [0.1, 0.15) is 30.9 Å². The van der Waals surface area contributed by atoms with E-state index in [-0.39, 0.29) is 5.54 Å². The van der Waals surface area contributed by atoms with E-state index in [1.807, 2.05) is 18.2 Å². The van der Waals surface area contributed by atoms with Gasteiger partial charge in [0.25, 0.3) is 0 Å². The summed E-state index contributed by atoms with van der Waals surface area (Å²) in [6, 6.07) is 8.15. The molecule has 0 saturated heterocycles. The lowest BCUT2D eigenvalue weighted by Gasteiger charge is -2.45. The Bertz CT molecular complexity index is 386. The molecule has 80 valence electrons. The molecule has 0 amide bonds. The van der Waals surface area contributed by atoms with Crippen molar-refractivity contribution in [3.8, 4) is 0 Å². The van der Waals surface area contributed by atoms with Crippen LogP contribution in [0.3, 0.4) is 0 Å². The zero-order chi connectivity index (χ0) is 10.9. The molecule has 2 heteroatoms. The van der Waals surface area contributed by atoms with Crippen molar-refractivity contribution in [2.24, 2.45) is 0 Å². The van der Waals surface area contributed by atoms with Crippen LogP contribution in [-0.2, 0) is 5.54 Å². The van der Waals surface area contributed by atoms with Crippen LogP contribution < -0.4 is 0 Å². The summed E-state index contributed by atoms with van der Waals surface area (Å²) in [5.41, 5.74) is 2.00. The summed E-state index contributed by atoms with van der Waals surface area (Å²) >= 11 is 0. The van der Waals surface area contributed by atoms with E-state index in [4.69, 9.17) is 0 Å². The molecule has 0 N–H and O–H groups in total. The van der Waals surface area contributed by atoms with E-state index in [1.165, 1.54) is 5.56 Å². The van der Waals surface area contributed by atoms with Gasteiger partial charge in [0.2, 0.25) is 0 Å². The molecular weight excluding hydrogens is 186 g/mol. The summed E-state index contributed by atoms with van der Waals surface area (Å²) in [7, 11) is 0. The third kappa shape index (κ3) is 1.45. The SMILES string of the molecule is CCC1(c2ccccc2C)CC=CN1[O-]. The van der Waals surface area contributed by atoms with Crippen molar-refractivity contribution in [2.75, 3.05) is 0 Å². The second-order valence-corrected chi connectivity index (χ2v) is 4.11. The smallest absolute Gasteiger partial charge is 0.0576 e. The summed E-state index contributed by atoms with van der Waals surface area (Å²) in [6.45, 7) is 4.14. The van der Waals surface area contributed by atoms with Gasteiger partial charge in [-0.05, 0) is 37.1 Å². The average molecular weight is 202 g/mol. The molecule has 1 unspecified atom stereocenters. The summed E-state index contributed by atoms with van der Waals surface area (Å²) < 4.78 is 0. The number of rotatable bonds is 2. The van der Waals surface area contributed by atoms with E-state index in [9.17, 15) is 5.21 Å². The largest absolute Gasteiger partial charge is 0.758 e. The zero-order valence-electron chi connectivity index (χ0n) is 9.23. The van der Waals surface area contributed by atoms with E-state index in [2.05, 4.69) is 26.0 Å². The monoisotopic (exact) mass is 202 g/mol. The fourth-order valence-corrected chi connectivity index (χ4v) is 2.39. The molecule has 0 aliphatic carbocycles. The maximum Gasteiger partial charge on any atom is 0.0576 e. The number of hydrogen-bond donors (Lipinski definition) is 0. The van der Waals surface area contributed by atoms with Gasteiger partial charge >= 0.3 is 0 Å². The predicted octanol–water partition coefficient (Wildman–Crippen LogP) is 3.32. The Morgan fingerprint density at radius 3 is 2.67 bits per heavy atom. The molecule has 1 aromatic carbocycles. The Morgan fingerprint density at radius 2 is 2.13 bits per heavy atom. The van der Waals surface area contributed by atoms with Gasteiger partial charge in [-0.3, -0.25) is 0 Å². The second-order valence-electron chi connectivity index (χ2n) is 4.11. The highest BCUT2D eigenvalue weighted by molar-refractivity contribution is 5.35. The quantitative estimate of drug-likeness (QED) is 0.735. The molecule has 15 heavy (non-hydrogen) atoms. The van der Waals surface area contributed by atoms with E-state index in [0.717, 1.165) is 23.5 Å². The van der Waals surface area contributed by atoms with E-state index in [0.29, 0.717) is 0 Å². The zero-order valence-corrected chi connectivity index (χ0v) is 9.23. The van der Waals surface area contributed by atoms with Gasteiger partial charge in [0.15, 0.2) is 0 Å². The first kappa shape index (κ1) is 10.2. The number of hydrogen-bond acceptors (Lipinski definition) is 2. The van der Waals surface area contributed by atoms with Crippen LogP contribution in [0.4, 0.5) is 0 Å². The Balaban J connectivity index is 2.48. The lowest BCUT2D eigenvalue weighted by atomic mass is 9.83. The first-order valence-corrected chi connectivity index (χ1v) is 5.40. The van der Waals surface area contributed by atoms with Crippen molar-refractivity contribution in [1.29, 1.82) is 0 Å². The minimum Gasteiger partial charge on any atom is -0.758 e. The van der Waals surface area contributed by atoms with Crippen LogP contribution in [0.2, 0.25) is 0 Å². The van der Waals surface area contributed by atoms with Crippen LogP contribution >= 0.6 is 0 Å². The average Bonchev–Trinajstić information content (AvgIpc) is 2.61. The number of nitrogens with zero attached hydrogens (tertiary/aromatic N) is 1. The minimum absolute atomic E-state index is 0.356. The third-order valence-corrected chi connectivity index (χ3v) is 3.35. The van der Waals surface area contributed by atoms with Gasteiger partial charge in [0, 0.05) is 0 Å². The number of hydroxylamine groups is 2. The highest BCUT2D eigenvalue weighted by atomic mass is 16.5. The first-order chi connectivity index (χ1) is 7.20. The Morgan fingerprint density at radius 1 is 1.40 bits per heavy atom. The molecule has 1 aliphatic rings. The van der Waals surface area contributed by atoms with E-state index >= 15 is 0 Å². The topological polar surface area (TPSA) is 26.3 Å². The molecule has 1 aromatic rings. The highest BCUT2D eigenvalue weighted by Crippen LogP contribution is 2.40. The van der Waals surface area contributed by atoms with Crippen molar-refractivity contribution in [1.82, 2.24) is 5.06 Å². The Hall–Kier alpha value is -1.28. The van der Waals surface area contributed by atoms with Crippen LogP contribution in [-0.4, -0.2) is 5.06 Å². The van der Waals surface area contributed by atoms with E-state index < -0.39 is 0 Å². The number of aryl methyl sites for hydroxylation is 1. The lowest BCUT2D eigenvalue weighted by Crippen LogP contribution is -2.36. The van der Waals surface area contributed by atoms with Gasteiger partial charge in [-0.2, -0.15) is 0 Å². The van der Waals surface area contributed by atoms with Gasteiger partial charge < -0.3 is 10.3 Å². The molecule has 1 atom stereocenters. The highest BCUT2D eigenvalue weighted by Gasteiger charge is 2.33. The summed E-state index contributed by atoms with van der Waals surface area (Å²) in [5, 5.41) is 13.0.